The summed E-state index contributed by atoms with van der Waals surface area (Å²) < 4.78 is 66.9. The zero-order chi connectivity index (χ0) is 22.7. The first-order chi connectivity index (χ1) is 14.5. The molecule has 0 bridgehead atoms. The van der Waals surface area contributed by atoms with E-state index in [2.05, 4.69) is 14.9 Å². The smallest absolute Gasteiger partial charge is 0.475 e. The van der Waals surface area contributed by atoms with Crippen molar-refractivity contribution in [1.29, 1.82) is 0 Å². The number of carboxylic acids is 1. The number of piperidine rings is 1. The maximum Gasteiger partial charge on any atom is 0.490 e. The molecule has 4 heterocycles. The Morgan fingerprint density at radius 2 is 1.71 bits per heavy atom. The summed E-state index contributed by atoms with van der Waals surface area (Å²) >= 11 is 0. The van der Waals surface area contributed by atoms with E-state index in [-0.39, 0.29) is 6.42 Å². The molecule has 12 heteroatoms. The average molecular weight is 452 g/mol. The molecule has 4 rings (SSSR count). The number of carbonyl (C=O) groups is 1. The van der Waals surface area contributed by atoms with Crippen LogP contribution in [0.5, 0.6) is 0 Å². The van der Waals surface area contributed by atoms with Crippen LogP contribution in [0.3, 0.4) is 0 Å². The molecule has 0 radical (unpaired) electrons. The highest BCUT2D eigenvalue weighted by atomic mass is 19.4. The van der Waals surface area contributed by atoms with E-state index < -0.39 is 23.5 Å². The van der Waals surface area contributed by atoms with Gasteiger partial charge in [-0.2, -0.15) is 13.2 Å². The van der Waals surface area contributed by atoms with Crippen molar-refractivity contribution in [1.82, 2.24) is 14.9 Å². The number of nitrogens with zero attached hydrogens (tertiary/aromatic N) is 4. The largest absolute Gasteiger partial charge is 0.490 e. The van der Waals surface area contributed by atoms with E-state index in [1.807, 2.05) is 4.90 Å². The SMILES string of the molecule is FC1(F)CCN(C2CCOCC2)CC12CCN(c1ncccn1)C2.O=C(O)C(F)(F)F. The van der Waals surface area contributed by atoms with Gasteiger partial charge in [0.25, 0.3) is 5.92 Å². The number of carboxylic acid groups (broad SMARTS) is 1. The number of alkyl halides is 5. The van der Waals surface area contributed by atoms with Gasteiger partial charge in [0, 0.05) is 64.2 Å². The number of rotatable bonds is 2. The van der Waals surface area contributed by atoms with E-state index in [4.69, 9.17) is 14.6 Å². The lowest BCUT2D eigenvalue weighted by atomic mass is 9.75. The Kier molecular flexibility index (Phi) is 6.99. The number of aromatic nitrogens is 2. The maximum atomic E-state index is 14.9. The van der Waals surface area contributed by atoms with E-state index in [1.165, 1.54) is 0 Å². The van der Waals surface area contributed by atoms with Gasteiger partial charge < -0.3 is 14.7 Å². The van der Waals surface area contributed by atoms with Crippen molar-refractivity contribution in [3.8, 4) is 0 Å². The number of aliphatic carboxylic acids is 1. The summed E-state index contributed by atoms with van der Waals surface area (Å²) in [5.74, 6) is -4.82. The highest BCUT2D eigenvalue weighted by Crippen LogP contribution is 2.50. The summed E-state index contributed by atoms with van der Waals surface area (Å²) in [6.45, 7) is 3.38. The molecule has 1 spiro atoms. The molecular formula is C19H25F5N4O3. The van der Waals surface area contributed by atoms with Gasteiger partial charge in [-0.25, -0.2) is 23.5 Å². The molecule has 0 saturated carbocycles. The first kappa shape index (κ1) is 23.6. The Hall–Kier alpha value is -2.08. The van der Waals surface area contributed by atoms with Crippen LogP contribution in [-0.2, 0) is 9.53 Å². The molecular weight excluding hydrogens is 427 g/mol. The minimum atomic E-state index is -5.08. The molecule has 3 fully saturated rings. The fourth-order valence-corrected chi connectivity index (χ4v) is 4.42. The number of halogens is 5. The Bertz CT molecular complexity index is 746. The van der Waals surface area contributed by atoms with E-state index in [0.29, 0.717) is 44.6 Å². The van der Waals surface area contributed by atoms with Crippen LogP contribution in [-0.4, -0.2) is 83.5 Å². The topological polar surface area (TPSA) is 78.8 Å². The number of hydrogen-bond acceptors (Lipinski definition) is 6. The van der Waals surface area contributed by atoms with Crippen LogP contribution in [0, 0.1) is 5.41 Å². The first-order valence-corrected chi connectivity index (χ1v) is 10.1. The van der Waals surface area contributed by atoms with Crippen molar-refractivity contribution >= 4 is 11.9 Å². The minimum Gasteiger partial charge on any atom is -0.475 e. The van der Waals surface area contributed by atoms with Gasteiger partial charge in [0.15, 0.2) is 0 Å². The van der Waals surface area contributed by atoms with Crippen LogP contribution < -0.4 is 4.90 Å². The quantitative estimate of drug-likeness (QED) is 0.692. The molecule has 31 heavy (non-hydrogen) atoms. The van der Waals surface area contributed by atoms with Crippen molar-refractivity contribution in [2.24, 2.45) is 5.41 Å². The van der Waals surface area contributed by atoms with Gasteiger partial charge in [-0.15, -0.1) is 0 Å². The number of hydrogen-bond donors (Lipinski definition) is 1. The lowest BCUT2D eigenvalue weighted by molar-refractivity contribution is -0.192. The summed E-state index contributed by atoms with van der Waals surface area (Å²) in [5.41, 5.74) is -0.983. The highest BCUT2D eigenvalue weighted by molar-refractivity contribution is 5.73. The minimum absolute atomic E-state index is 0.0478. The van der Waals surface area contributed by atoms with Gasteiger partial charge in [0.2, 0.25) is 5.95 Å². The normalized spacial score (nSPS) is 27.1. The summed E-state index contributed by atoms with van der Waals surface area (Å²) in [7, 11) is 0. The van der Waals surface area contributed by atoms with Crippen LogP contribution >= 0.6 is 0 Å². The third kappa shape index (κ3) is 5.40. The predicted molar refractivity (Wildman–Crippen MR) is 100.0 cm³/mol. The molecule has 0 aromatic carbocycles. The first-order valence-electron chi connectivity index (χ1n) is 10.1. The molecule has 0 amide bonds. The van der Waals surface area contributed by atoms with Crippen molar-refractivity contribution in [3.63, 3.8) is 0 Å². The van der Waals surface area contributed by atoms with Crippen LogP contribution in [0.2, 0.25) is 0 Å². The molecule has 174 valence electrons. The maximum absolute atomic E-state index is 14.9. The van der Waals surface area contributed by atoms with Gasteiger partial charge in [0.05, 0.1) is 5.41 Å². The average Bonchev–Trinajstić information content (AvgIpc) is 3.17. The van der Waals surface area contributed by atoms with Gasteiger partial charge in [-0.1, -0.05) is 0 Å². The Balaban J connectivity index is 0.000000339. The number of likely N-dealkylation sites (tertiary alicyclic amines) is 1. The van der Waals surface area contributed by atoms with Gasteiger partial charge in [0.1, 0.15) is 0 Å². The Labute approximate surface area is 176 Å². The van der Waals surface area contributed by atoms with Crippen LogP contribution in [0.1, 0.15) is 25.7 Å². The number of anilines is 1. The van der Waals surface area contributed by atoms with E-state index in [1.54, 1.807) is 18.5 Å². The highest BCUT2D eigenvalue weighted by Gasteiger charge is 2.60. The summed E-state index contributed by atoms with van der Waals surface area (Å²) in [6.07, 6.45) is 0.605. The molecule has 3 saturated heterocycles. The monoisotopic (exact) mass is 452 g/mol. The summed E-state index contributed by atoms with van der Waals surface area (Å²) in [6, 6.07) is 2.13. The van der Waals surface area contributed by atoms with Crippen LogP contribution in [0.25, 0.3) is 0 Å². The summed E-state index contributed by atoms with van der Waals surface area (Å²) in [5, 5.41) is 7.12. The molecule has 1 atom stereocenters. The second-order valence-electron chi connectivity index (χ2n) is 8.07. The van der Waals surface area contributed by atoms with Crippen molar-refractivity contribution < 1.29 is 36.6 Å². The molecule has 1 N–H and O–H groups in total. The second kappa shape index (κ2) is 9.19. The zero-order valence-corrected chi connectivity index (χ0v) is 16.8. The van der Waals surface area contributed by atoms with Crippen LogP contribution in [0.4, 0.5) is 27.9 Å². The molecule has 7 nitrogen and oxygen atoms in total. The predicted octanol–water partition coefficient (Wildman–Crippen LogP) is 2.83. The molecule has 1 unspecified atom stereocenters. The standard InChI is InChI=1S/C17H24F2N4O.C2HF3O2/c18-17(19)5-9-22(14-2-10-24-11-3-14)12-16(17)4-8-23(13-16)15-20-6-1-7-21-15;3-2(4,5)1(6)7/h1,6-7,14H,2-5,8-13H2;(H,6,7). The fourth-order valence-electron chi connectivity index (χ4n) is 4.42. The van der Waals surface area contributed by atoms with Crippen molar-refractivity contribution in [2.45, 2.75) is 43.8 Å². The molecule has 1 aromatic rings. The Morgan fingerprint density at radius 1 is 1.10 bits per heavy atom. The Morgan fingerprint density at radius 3 is 2.29 bits per heavy atom. The lowest BCUT2D eigenvalue weighted by Gasteiger charge is -2.49. The summed E-state index contributed by atoms with van der Waals surface area (Å²) in [4.78, 5) is 21.6. The van der Waals surface area contributed by atoms with Gasteiger partial charge >= 0.3 is 12.1 Å². The van der Waals surface area contributed by atoms with Crippen LogP contribution in [0.15, 0.2) is 18.5 Å². The van der Waals surface area contributed by atoms with Gasteiger partial charge in [-0.05, 0) is 25.3 Å². The molecule has 1 aromatic heterocycles. The fraction of sp³-hybridized carbons (Fsp3) is 0.737. The molecule has 3 aliphatic rings. The van der Waals surface area contributed by atoms with Crippen molar-refractivity contribution in [2.75, 3.05) is 44.3 Å². The molecule has 3 aliphatic heterocycles. The van der Waals surface area contributed by atoms with Gasteiger partial charge in [-0.3, -0.25) is 4.90 Å². The second-order valence-corrected chi connectivity index (χ2v) is 8.07. The van der Waals surface area contributed by atoms with Crippen molar-refractivity contribution in [3.05, 3.63) is 18.5 Å². The lowest BCUT2D eigenvalue weighted by Crippen LogP contribution is -2.59. The van der Waals surface area contributed by atoms with E-state index >= 15 is 0 Å². The van der Waals surface area contributed by atoms with E-state index in [9.17, 15) is 22.0 Å². The number of ether oxygens (including phenoxy) is 1. The molecule has 0 aliphatic carbocycles. The van der Waals surface area contributed by atoms with E-state index in [0.717, 1.165) is 26.1 Å². The third-order valence-corrected chi connectivity index (χ3v) is 6.13. The zero-order valence-electron chi connectivity index (χ0n) is 16.8. The third-order valence-electron chi connectivity index (χ3n) is 6.13.